The Kier molecular flexibility index (Phi) is 5.09. The minimum atomic E-state index is -0.878. The Morgan fingerprint density at radius 3 is 2.54 bits per heavy atom. The van der Waals surface area contributed by atoms with E-state index in [1.54, 1.807) is 6.20 Å². The number of hydrogen-bond acceptors (Lipinski definition) is 3. The van der Waals surface area contributed by atoms with Gasteiger partial charge in [-0.3, -0.25) is 4.90 Å². The van der Waals surface area contributed by atoms with E-state index >= 15 is 0 Å². The molecule has 5 heteroatoms. The lowest BCUT2D eigenvalue weighted by atomic mass is 10.0. The molecule has 2 heterocycles. The topological polar surface area (TPSA) is 54.7 Å². The van der Waals surface area contributed by atoms with Crippen molar-refractivity contribution in [3.63, 3.8) is 0 Å². The second-order valence-corrected chi connectivity index (χ2v) is 7.72. The molecule has 1 aliphatic rings. The fourth-order valence-corrected chi connectivity index (χ4v) is 3.96. The summed E-state index contributed by atoms with van der Waals surface area (Å²) in [4.78, 5) is 13.9. The molecule has 1 N–H and O–H groups in total. The molecule has 1 aromatic heterocycles. The van der Waals surface area contributed by atoms with Crippen LogP contribution in [0.4, 0.5) is 0 Å². The normalized spacial score (nSPS) is 15.8. The minimum Gasteiger partial charge on any atom is -0.490 e. The molecule has 3 aromatic rings. The van der Waals surface area contributed by atoms with Crippen LogP contribution in [0.25, 0.3) is 10.9 Å². The first-order valence-electron chi connectivity index (χ1n) is 9.76. The summed E-state index contributed by atoms with van der Waals surface area (Å²) in [7, 11) is 1.88. The van der Waals surface area contributed by atoms with Crippen LogP contribution in [0.15, 0.2) is 48.7 Å². The van der Waals surface area contributed by atoms with Crippen molar-refractivity contribution in [1.82, 2.24) is 9.47 Å². The summed E-state index contributed by atoms with van der Waals surface area (Å²) in [6.07, 6.45) is 3.95. The van der Waals surface area contributed by atoms with Gasteiger partial charge >= 0.3 is 5.97 Å². The van der Waals surface area contributed by atoms with Crippen molar-refractivity contribution in [1.29, 1.82) is 0 Å². The predicted molar refractivity (Wildman–Crippen MR) is 110 cm³/mol. The molecule has 0 spiro atoms. The van der Waals surface area contributed by atoms with Crippen molar-refractivity contribution in [3.05, 3.63) is 65.4 Å². The molecule has 5 nitrogen and oxygen atoms in total. The Bertz CT molecular complexity index is 983. The van der Waals surface area contributed by atoms with Crippen LogP contribution < -0.4 is 4.74 Å². The van der Waals surface area contributed by atoms with Crippen LogP contribution in [0.1, 0.15) is 34.3 Å². The van der Waals surface area contributed by atoms with Crippen LogP contribution in [0.3, 0.4) is 0 Å². The average Bonchev–Trinajstić information content (AvgIpc) is 3.02. The highest BCUT2D eigenvalue weighted by atomic mass is 16.5. The van der Waals surface area contributed by atoms with Gasteiger partial charge in [0.25, 0.3) is 0 Å². The molecule has 146 valence electrons. The number of aromatic carboxylic acids is 1. The number of nitrogens with zero attached hydrogens (tertiary/aromatic N) is 2. The maximum Gasteiger partial charge on any atom is 0.337 e. The predicted octanol–water partition coefficient (Wildman–Crippen LogP) is 4.23. The summed E-state index contributed by atoms with van der Waals surface area (Å²) in [6, 6.07) is 14.4. The third kappa shape index (κ3) is 3.90. The number of rotatable bonds is 5. The molecular formula is C23H26N2O3. The first-order valence-corrected chi connectivity index (χ1v) is 9.76. The number of aromatic nitrogens is 1. The number of likely N-dealkylation sites (tertiary alicyclic amines) is 1. The van der Waals surface area contributed by atoms with Crippen LogP contribution in [-0.2, 0) is 13.6 Å². The summed E-state index contributed by atoms with van der Waals surface area (Å²) in [5.41, 5.74) is 3.71. The zero-order chi connectivity index (χ0) is 19.7. The molecule has 1 saturated heterocycles. The maximum absolute atomic E-state index is 11.5. The van der Waals surface area contributed by atoms with Gasteiger partial charge in [0.1, 0.15) is 11.9 Å². The number of benzene rings is 2. The van der Waals surface area contributed by atoms with E-state index in [4.69, 9.17) is 4.74 Å². The highest BCUT2D eigenvalue weighted by molar-refractivity contribution is 6.03. The van der Waals surface area contributed by atoms with Crippen LogP contribution in [0.5, 0.6) is 5.75 Å². The molecule has 4 rings (SSSR count). The van der Waals surface area contributed by atoms with Crippen molar-refractivity contribution in [2.75, 3.05) is 13.1 Å². The number of aryl methyl sites for hydroxylation is 2. The summed E-state index contributed by atoms with van der Waals surface area (Å²) >= 11 is 0. The van der Waals surface area contributed by atoms with E-state index in [1.165, 1.54) is 5.56 Å². The average molecular weight is 378 g/mol. The van der Waals surface area contributed by atoms with Gasteiger partial charge in [0, 0.05) is 43.8 Å². The van der Waals surface area contributed by atoms with Crippen molar-refractivity contribution in [2.24, 2.45) is 7.05 Å². The Balaban J connectivity index is 1.38. The summed E-state index contributed by atoms with van der Waals surface area (Å²) in [5, 5.41) is 10.2. The molecule has 0 amide bonds. The zero-order valence-corrected chi connectivity index (χ0v) is 16.4. The standard InChI is InChI=1S/C23H26N2O3/c1-16-3-6-18(7-4-16)28-19-9-11-25(12-10-19)14-17-5-8-22-20(13-17)21(23(26)27)15-24(22)2/h3-8,13,15,19H,9-12,14H2,1-2H3,(H,26,27). The highest BCUT2D eigenvalue weighted by Crippen LogP contribution is 2.25. The number of ether oxygens (including phenoxy) is 1. The number of carboxylic acids is 1. The van der Waals surface area contributed by atoms with Gasteiger partial charge in [0.15, 0.2) is 0 Å². The van der Waals surface area contributed by atoms with Gasteiger partial charge in [-0.2, -0.15) is 0 Å². The molecule has 0 saturated carbocycles. The summed E-state index contributed by atoms with van der Waals surface area (Å²) in [5.74, 6) is 0.0663. The molecule has 28 heavy (non-hydrogen) atoms. The lowest BCUT2D eigenvalue weighted by molar-refractivity contribution is 0.0698. The van der Waals surface area contributed by atoms with Crippen LogP contribution in [0.2, 0.25) is 0 Å². The fraction of sp³-hybridized carbons (Fsp3) is 0.348. The summed E-state index contributed by atoms with van der Waals surface area (Å²) in [6.45, 7) is 4.87. The number of carboxylic acid groups (broad SMARTS) is 1. The second-order valence-electron chi connectivity index (χ2n) is 7.72. The largest absolute Gasteiger partial charge is 0.490 e. The molecule has 1 aliphatic heterocycles. The minimum absolute atomic E-state index is 0.258. The quantitative estimate of drug-likeness (QED) is 0.722. The Morgan fingerprint density at radius 2 is 1.86 bits per heavy atom. The third-order valence-corrected chi connectivity index (χ3v) is 5.55. The van der Waals surface area contributed by atoms with Crippen molar-refractivity contribution >= 4 is 16.9 Å². The van der Waals surface area contributed by atoms with E-state index in [2.05, 4.69) is 30.0 Å². The number of piperidine rings is 1. The number of fused-ring (bicyclic) bond motifs is 1. The monoisotopic (exact) mass is 378 g/mol. The van der Waals surface area contributed by atoms with Gasteiger partial charge in [-0.05, 0) is 49.6 Å². The van der Waals surface area contributed by atoms with Gasteiger partial charge < -0.3 is 14.4 Å². The number of hydrogen-bond donors (Lipinski definition) is 1. The van der Waals surface area contributed by atoms with E-state index in [9.17, 15) is 9.90 Å². The fourth-order valence-electron chi connectivity index (χ4n) is 3.96. The van der Waals surface area contributed by atoms with E-state index in [-0.39, 0.29) is 6.10 Å². The molecule has 0 atom stereocenters. The lowest BCUT2D eigenvalue weighted by Crippen LogP contribution is -2.37. The van der Waals surface area contributed by atoms with Crippen molar-refractivity contribution in [3.8, 4) is 5.75 Å². The lowest BCUT2D eigenvalue weighted by Gasteiger charge is -2.32. The number of carbonyl (C=O) groups is 1. The van der Waals surface area contributed by atoms with E-state index in [0.29, 0.717) is 5.56 Å². The molecule has 0 aliphatic carbocycles. The molecule has 0 radical (unpaired) electrons. The first kappa shape index (κ1) is 18.6. The third-order valence-electron chi connectivity index (χ3n) is 5.55. The molecule has 2 aromatic carbocycles. The van der Waals surface area contributed by atoms with Gasteiger partial charge in [-0.15, -0.1) is 0 Å². The molecule has 0 bridgehead atoms. The molecular weight excluding hydrogens is 352 g/mol. The van der Waals surface area contributed by atoms with Gasteiger partial charge in [-0.25, -0.2) is 4.79 Å². The van der Waals surface area contributed by atoms with E-state index in [1.807, 2.05) is 35.9 Å². The maximum atomic E-state index is 11.5. The van der Waals surface area contributed by atoms with Gasteiger partial charge in [-0.1, -0.05) is 23.8 Å². The first-order chi connectivity index (χ1) is 13.5. The SMILES string of the molecule is Cc1ccc(OC2CCN(Cc3ccc4c(c3)c(C(=O)O)cn4C)CC2)cc1. The van der Waals surface area contributed by atoms with Crippen molar-refractivity contribution in [2.45, 2.75) is 32.4 Å². The Labute approximate surface area is 165 Å². The second kappa shape index (κ2) is 7.68. The van der Waals surface area contributed by atoms with Gasteiger partial charge in [0.05, 0.1) is 5.56 Å². The van der Waals surface area contributed by atoms with Crippen LogP contribution in [0, 0.1) is 6.92 Å². The smallest absolute Gasteiger partial charge is 0.337 e. The van der Waals surface area contributed by atoms with Gasteiger partial charge in [0.2, 0.25) is 0 Å². The zero-order valence-electron chi connectivity index (χ0n) is 16.4. The van der Waals surface area contributed by atoms with E-state index in [0.717, 1.165) is 54.7 Å². The van der Waals surface area contributed by atoms with Crippen LogP contribution >= 0.6 is 0 Å². The Morgan fingerprint density at radius 1 is 1.14 bits per heavy atom. The van der Waals surface area contributed by atoms with Crippen molar-refractivity contribution < 1.29 is 14.6 Å². The van der Waals surface area contributed by atoms with Crippen LogP contribution in [-0.4, -0.2) is 39.7 Å². The highest BCUT2D eigenvalue weighted by Gasteiger charge is 2.21. The molecule has 0 unspecified atom stereocenters. The summed E-state index contributed by atoms with van der Waals surface area (Å²) < 4.78 is 7.99. The van der Waals surface area contributed by atoms with E-state index < -0.39 is 5.97 Å². The Hall–Kier alpha value is -2.79. The molecule has 1 fully saturated rings.